The zero-order valence-corrected chi connectivity index (χ0v) is 27.6. The number of ketones is 1. The molecule has 2 aliphatic rings. The molecular formula is C34H43NO11. The van der Waals surface area contributed by atoms with E-state index in [0.717, 1.165) is 13.8 Å². The first-order valence-corrected chi connectivity index (χ1v) is 15.1. The van der Waals surface area contributed by atoms with E-state index in [2.05, 4.69) is 11.6 Å². The van der Waals surface area contributed by atoms with Gasteiger partial charge in [0, 0.05) is 69.8 Å². The van der Waals surface area contributed by atoms with Crippen molar-refractivity contribution < 1.29 is 52.5 Å². The van der Waals surface area contributed by atoms with E-state index in [-0.39, 0.29) is 24.0 Å². The molecule has 1 aromatic rings. The normalized spacial score (nSPS) is 30.9. The number of ether oxygens (including phenoxy) is 5. The molecule has 0 N–H and O–H groups in total. The number of hydrogen-bond donors (Lipinski definition) is 0. The number of aromatic nitrogens is 1. The summed E-state index contributed by atoms with van der Waals surface area (Å²) in [4.78, 5) is 81.8. The summed E-state index contributed by atoms with van der Waals surface area (Å²) in [6.07, 6.45) is 1.28. The maximum atomic E-state index is 14.5. The number of rotatable bonds is 6. The van der Waals surface area contributed by atoms with Crippen LogP contribution in [0.25, 0.3) is 0 Å². The van der Waals surface area contributed by atoms with Gasteiger partial charge >= 0.3 is 29.8 Å². The quantitative estimate of drug-likeness (QED) is 0.249. The first kappa shape index (κ1) is 36.1. The summed E-state index contributed by atoms with van der Waals surface area (Å²) < 4.78 is 29.2. The molecule has 0 saturated heterocycles. The minimum atomic E-state index is -1.92. The molecule has 0 bridgehead atoms. The monoisotopic (exact) mass is 641 g/mol. The molecule has 1 heterocycles. The van der Waals surface area contributed by atoms with Crippen molar-refractivity contribution in [2.24, 2.45) is 23.2 Å². The molecule has 12 nitrogen and oxygen atoms in total. The Hall–Kier alpha value is -4.35. The zero-order valence-electron chi connectivity index (χ0n) is 27.6. The fourth-order valence-electron chi connectivity index (χ4n) is 6.40. The highest BCUT2D eigenvalue weighted by atomic mass is 16.6. The molecule has 0 spiro atoms. The number of allylic oxidation sites excluding steroid dienone is 1. The highest BCUT2D eigenvalue weighted by molar-refractivity contribution is 5.93. The van der Waals surface area contributed by atoms with Gasteiger partial charge in [0.05, 0.1) is 11.5 Å². The molecule has 12 heteroatoms. The Labute approximate surface area is 268 Å². The van der Waals surface area contributed by atoms with Crippen molar-refractivity contribution in [1.29, 1.82) is 0 Å². The summed E-state index contributed by atoms with van der Waals surface area (Å²) in [5, 5.41) is 0. The van der Waals surface area contributed by atoms with Gasteiger partial charge in [-0.25, -0.2) is 4.79 Å². The van der Waals surface area contributed by atoms with Crippen molar-refractivity contribution in [3.8, 4) is 0 Å². The molecule has 3 rings (SSSR count). The van der Waals surface area contributed by atoms with Crippen LogP contribution in [0, 0.1) is 23.2 Å². The van der Waals surface area contributed by atoms with Gasteiger partial charge in [0.25, 0.3) is 0 Å². The number of Topliss-reactive ketones (excluding diaryl/α,β-unsaturated/α-hetero) is 1. The Bertz CT molecular complexity index is 1400. The van der Waals surface area contributed by atoms with Crippen LogP contribution in [0.5, 0.6) is 0 Å². The number of carbonyl (C=O) groups is 6. The fraction of sp³-hybridized carbons (Fsp3) is 0.559. The highest BCUT2D eigenvalue weighted by Gasteiger charge is 2.65. The van der Waals surface area contributed by atoms with Gasteiger partial charge < -0.3 is 23.7 Å². The number of carbonyl (C=O) groups excluding carboxylic acids is 6. The lowest BCUT2D eigenvalue weighted by molar-refractivity contribution is -0.185. The Morgan fingerprint density at radius 2 is 1.54 bits per heavy atom. The molecule has 0 aliphatic heterocycles. The fourth-order valence-corrected chi connectivity index (χ4v) is 6.40. The minimum Gasteiger partial charge on any atom is -0.462 e. The summed E-state index contributed by atoms with van der Waals surface area (Å²) >= 11 is 0. The molecule has 0 unspecified atom stereocenters. The largest absolute Gasteiger partial charge is 0.462 e. The van der Waals surface area contributed by atoms with Crippen molar-refractivity contribution in [2.75, 3.05) is 0 Å². The van der Waals surface area contributed by atoms with Gasteiger partial charge in [0.15, 0.2) is 11.4 Å². The number of nitrogens with zero attached hydrogens (tertiary/aromatic N) is 1. The third kappa shape index (κ3) is 8.07. The zero-order chi connectivity index (χ0) is 34.6. The molecule has 1 aromatic heterocycles. The van der Waals surface area contributed by atoms with Crippen LogP contribution in [0.2, 0.25) is 0 Å². The van der Waals surface area contributed by atoms with Gasteiger partial charge in [0.1, 0.15) is 24.4 Å². The van der Waals surface area contributed by atoms with E-state index in [9.17, 15) is 28.8 Å². The van der Waals surface area contributed by atoms with Crippen LogP contribution in [0.3, 0.4) is 0 Å². The Morgan fingerprint density at radius 3 is 2.09 bits per heavy atom. The van der Waals surface area contributed by atoms with Crippen molar-refractivity contribution in [3.63, 3.8) is 0 Å². The predicted octanol–water partition coefficient (Wildman–Crippen LogP) is 4.11. The SMILES string of the molecule is C=C1[C@H](OC(C)=O)C[C@@H](OC(=O)c2cccnc2)C(C)(C)C=C[C@@H](C)C(=O)[C@@]2(OC(C)=O)C[C@H](C)[C@H](OC(C)=O)[C@@H]2[C@H]1OC(C)=O. The summed E-state index contributed by atoms with van der Waals surface area (Å²) in [6, 6.07) is 3.12. The van der Waals surface area contributed by atoms with Crippen LogP contribution in [0.1, 0.15) is 78.6 Å². The third-order valence-electron chi connectivity index (χ3n) is 8.46. The third-order valence-corrected chi connectivity index (χ3v) is 8.46. The number of fused-ring (bicyclic) bond motifs is 1. The predicted molar refractivity (Wildman–Crippen MR) is 163 cm³/mol. The van der Waals surface area contributed by atoms with E-state index in [1.165, 1.54) is 26.2 Å². The van der Waals surface area contributed by atoms with Gasteiger partial charge in [-0.2, -0.15) is 0 Å². The van der Waals surface area contributed by atoms with Crippen molar-refractivity contribution in [2.45, 2.75) is 98.2 Å². The van der Waals surface area contributed by atoms with E-state index in [4.69, 9.17) is 23.7 Å². The second kappa shape index (κ2) is 14.4. The Kier molecular flexibility index (Phi) is 11.3. The molecule has 0 aromatic carbocycles. The van der Waals surface area contributed by atoms with E-state index < -0.39 is 88.8 Å². The van der Waals surface area contributed by atoms with Gasteiger partial charge in [-0.1, -0.05) is 46.4 Å². The molecule has 46 heavy (non-hydrogen) atoms. The summed E-state index contributed by atoms with van der Waals surface area (Å²) in [5.41, 5.74) is -2.68. The highest BCUT2D eigenvalue weighted by Crippen LogP contribution is 2.51. The van der Waals surface area contributed by atoms with Crippen LogP contribution in [0.15, 0.2) is 48.8 Å². The van der Waals surface area contributed by atoms with Gasteiger partial charge in [-0.05, 0) is 18.1 Å². The number of pyridine rings is 1. The molecule has 0 radical (unpaired) electrons. The lowest BCUT2D eigenvalue weighted by Crippen LogP contribution is -2.57. The minimum absolute atomic E-state index is 0.0152. The molecule has 2 aliphatic carbocycles. The van der Waals surface area contributed by atoms with Gasteiger partial charge in [-0.15, -0.1) is 0 Å². The van der Waals surface area contributed by atoms with Gasteiger partial charge in [-0.3, -0.25) is 29.0 Å². The van der Waals surface area contributed by atoms with Crippen molar-refractivity contribution >= 4 is 35.6 Å². The van der Waals surface area contributed by atoms with E-state index in [1.807, 2.05) is 0 Å². The van der Waals surface area contributed by atoms with Crippen LogP contribution >= 0.6 is 0 Å². The Balaban J connectivity index is 2.31. The standard InChI is InChI=1S/C34H43NO11/c1-18-12-13-33(8,9)27(45-32(41)25-11-10-14-35-17-25)15-26(42-21(4)36)20(3)30(44-23(6)38)28-29(43-22(5)37)19(2)16-34(28,31(18)40)46-24(7)39/h10-14,17-19,26-30H,3,15-16H2,1-2,4-9H3/t18-,19+,26-,27-,28-,29+,30+,34-/m1/s1. The molecule has 0 amide bonds. The Morgan fingerprint density at radius 1 is 0.913 bits per heavy atom. The topological polar surface area (TPSA) is 161 Å². The van der Waals surface area contributed by atoms with Crippen LogP contribution < -0.4 is 0 Å². The van der Waals surface area contributed by atoms with Crippen molar-refractivity contribution in [3.05, 3.63) is 54.4 Å². The smallest absolute Gasteiger partial charge is 0.340 e. The second-order valence-electron chi connectivity index (χ2n) is 12.7. The van der Waals surface area contributed by atoms with Gasteiger partial charge in [0.2, 0.25) is 0 Å². The second-order valence-corrected chi connectivity index (χ2v) is 12.7. The molecular weight excluding hydrogens is 598 g/mol. The van der Waals surface area contributed by atoms with Crippen LogP contribution in [0.4, 0.5) is 0 Å². The van der Waals surface area contributed by atoms with Crippen molar-refractivity contribution in [1.82, 2.24) is 4.98 Å². The molecule has 8 atom stereocenters. The average Bonchev–Trinajstić information content (AvgIpc) is 3.22. The average molecular weight is 642 g/mol. The lowest BCUT2D eigenvalue weighted by atomic mass is 9.72. The summed E-state index contributed by atoms with van der Waals surface area (Å²) in [6.45, 7) is 15.8. The summed E-state index contributed by atoms with van der Waals surface area (Å²) in [7, 11) is 0. The van der Waals surface area contributed by atoms with E-state index in [0.29, 0.717) is 0 Å². The van der Waals surface area contributed by atoms with Crippen LogP contribution in [-0.4, -0.2) is 70.6 Å². The van der Waals surface area contributed by atoms with Crippen LogP contribution in [-0.2, 0) is 47.7 Å². The van der Waals surface area contributed by atoms with E-state index in [1.54, 1.807) is 52.0 Å². The first-order valence-electron chi connectivity index (χ1n) is 15.1. The summed E-state index contributed by atoms with van der Waals surface area (Å²) in [5.74, 6) is -6.82. The maximum absolute atomic E-state index is 14.5. The lowest BCUT2D eigenvalue weighted by Gasteiger charge is -2.42. The number of esters is 5. The number of hydrogen-bond acceptors (Lipinski definition) is 12. The van der Waals surface area contributed by atoms with E-state index >= 15 is 0 Å². The molecule has 250 valence electrons. The maximum Gasteiger partial charge on any atom is 0.340 e. The first-order chi connectivity index (χ1) is 21.4. The molecule has 1 saturated carbocycles. The molecule has 1 fully saturated rings.